The van der Waals surface area contributed by atoms with Crippen LogP contribution in [0.15, 0.2) is 66.7 Å². The Morgan fingerprint density at radius 2 is 1.79 bits per heavy atom. The summed E-state index contributed by atoms with van der Waals surface area (Å²) >= 11 is 0. The lowest BCUT2D eigenvalue weighted by atomic mass is 9.87. The van der Waals surface area contributed by atoms with Gasteiger partial charge in [0.2, 0.25) is 0 Å². The summed E-state index contributed by atoms with van der Waals surface area (Å²) in [5.74, 6) is 1.37. The smallest absolute Gasteiger partial charge is 0.119 e. The molecule has 3 heteroatoms. The predicted octanol–water partition coefficient (Wildman–Crippen LogP) is 5.29. The minimum absolute atomic E-state index is 0.183. The van der Waals surface area contributed by atoms with Crippen molar-refractivity contribution in [2.24, 2.45) is 0 Å². The number of hydrogen-bond donors (Lipinski definition) is 1. The highest BCUT2D eigenvalue weighted by Gasteiger charge is 2.27. The van der Waals surface area contributed by atoms with Gasteiger partial charge in [0.15, 0.2) is 0 Å². The van der Waals surface area contributed by atoms with Crippen molar-refractivity contribution in [2.45, 2.75) is 38.4 Å². The number of hydrogen-bond acceptors (Lipinski definition) is 3. The van der Waals surface area contributed by atoms with Crippen LogP contribution in [0.2, 0.25) is 0 Å². The van der Waals surface area contributed by atoms with Gasteiger partial charge in [-0.25, -0.2) is 0 Å². The molecular weight excluding hydrogens is 346 g/mol. The van der Waals surface area contributed by atoms with Crippen LogP contribution < -0.4 is 10.1 Å². The van der Waals surface area contributed by atoms with E-state index in [4.69, 9.17) is 9.47 Å². The molecule has 1 N–H and O–H groups in total. The third kappa shape index (κ3) is 4.54. The third-order valence-corrected chi connectivity index (χ3v) is 5.49. The summed E-state index contributed by atoms with van der Waals surface area (Å²) in [5, 5.41) is 6.03. The molecule has 1 fully saturated rings. The molecule has 146 valence electrons. The number of ether oxygens (including phenoxy) is 2. The molecule has 3 aromatic rings. The lowest BCUT2D eigenvalue weighted by Gasteiger charge is -2.32. The first-order valence-electron chi connectivity index (χ1n) is 10.4. The van der Waals surface area contributed by atoms with Gasteiger partial charge in [0.25, 0.3) is 0 Å². The Bertz CT molecular complexity index is 890. The van der Waals surface area contributed by atoms with Gasteiger partial charge in [-0.3, -0.25) is 0 Å². The third-order valence-electron chi connectivity index (χ3n) is 5.49. The Labute approximate surface area is 167 Å². The Morgan fingerprint density at radius 3 is 2.61 bits per heavy atom. The molecule has 2 atom stereocenters. The van der Waals surface area contributed by atoms with Crippen LogP contribution in [0.25, 0.3) is 10.8 Å². The zero-order valence-corrected chi connectivity index (χ0v) is 16.6. The maximum Gasteiger partial charge on any atom is 0.119 e. The van der Waals surface area contributed by atoms with Crippen LogP contribution in [-0.2, 0) is 11.3 Å². The normalized spacial score (nSPS) is 19.6. The summed E-state index contributed by atoms with van der Waals surface area (Å²) in [6.45, 7) is 5.47. The second-order valence-corrected chi connectivity index (χ2v) is 7.55. The molecule has 0 bridgehead atoms. The summed E-state index contributed by atoms with van der Waals surface area (Å²) in [7, 11) is 0. The van der Waals surface area contributed by atoms with E-state index in [1.807, 2.05) is 0 Å². The van der Waals surface area contributed by atoms with Crippen LogP contribution in [0.5, 0.6) is 5.75 Å². The zero-order chi connectivity index (χ0) is 19.2. The van der Waals surface area contributed by atoms with Gasteiger partial charge in [0, 0.05) is 12.5 Å². The van der Waals surface area contributed by atoms with Gasteiger partial charge >= 0.3 is 0 Å². The molecular formula is C25H29NO2. The standard InChI is InChI=1S/C25H29NO2/c1-2-15-27-23-11-9-21(10-12-23)24-13-14-26-17-25(24)28-18-19-7-8-20-5-3-4-6-22(20)16-19/h3-12,16,24-26H,2,13-15,17-18H2,1H3. The molecule has 3 nitrogen and oxygen atoms in total. The number of fused-ring (bicyclic) bond motifs is 1. The number of rotatable bonds is 7. The van der Waals surface area contributed by atoms with E-state index in [2.05, 4.69) is 79.0 Å². The highest BCUT2D eigenvalue weighted by Crippen LogP contribution is 2.30. The maximum atomic E-state index is 6.39. The van der Waals surface area contributed by atoms with Gasteiger partial charge in [0.05, 0.1) is 19.3 Å². The molecule has 0 aromatic heterocycles. The monoisotopic (exact) mass is 375 g/mol. The first kappa shape index (κ1) is 19.0. The molecule has 28 heavy (non-hydrogen) atoms. The van der Waals surface area contributed by atoms with E-state index in [1.54, 1.807) is 0 Å². The molecule has 0 saturated carbocycles. The summed E-state index contributed by atoms with van der Waals surface area (Å²) in [6, 6.07) is 23.6. The van der Waals surface area contributed by atoms with Crippen molar-refractivity contribution in [3.05, 3.63) is 77.9 Å². The molecule has 0 radical (unpaired) electrons. The van der Waals surface area contributed by atoms with Gasteiger partial charge in [-0.05, 0) is 59.5 Å². The molecule has 4 rings (SSSR count). The Morgan fingerprint density at radius 1 is 0.964 bits per heavy atom. The molecule has 3 aromatic carbocycles. The SMILES string of the molecule is CCCOc1ccc(C2CCNCC2OCc2ccc3ccccc3c2)cc1. The van der Waals surface area contributed by atoms with E-state index in [0.29, 0.717) is 12.5 Å². The van der Waals surface area contributed by atoms with E-state index in [1.165, 1.54) is 21.9 Å². The lowest BCUT2D eigenvalue weighted by molar-refractivity contribution is 0.0106. The Balaban J connectivity index is 1.43. The van der Waals surface area contributed by atoms with Gasteiger partial charge < -0.3 is 14.8 Å². The minimum Gasteiger partial charge on any atom is -0.494 e. The predicted molar refractivity (Wildman–Crippen MR) is 115 cm³/mol. The number of nitrogens with one attached hydrogen (secondary N) is 1. The summed E-state index contributed by atoms with van der Waals surface area (Å²) < 4.78 is 12.1. The van der Waals surface area contributed by atoms with E-state index in [9.17, 15) is 0 Å². The molecule has 1 saturated heterocycles. The van der Waals surface area contributed by atoms with Gasteiger partial charge in [-0.1, -0.05) is 55.5 Å². The van der Waals surface area contributed by atoms with Crippen molar-refractivity contribution in [1.29, 1.82) is 0 Å². The van der Waals surface area contributed by atoms with Crippen molar-refractivity contribution in [3.63, 3.8) is 0 Å². The first-order chi connectivity index (χ1) is 13.8. The summed E-state index contributed by atoms with van der Waals surface area (Å²) in [6.07, 6.45) is 2.31. The molecule has 0 amide bonds. The van der Waals surface area contributed by atoms with Crippen molar-refractivity contribution in [2.75, 3.05) is 19.7 Å². The van der Waals surface area contributed by atoms with E-state index in [-0.39, 0.29) is 6.10 Å². The molecule has 1 heterocycles. The van der Waals surface area contributed by atoms with E-state index < -0.39 is 0 Å². The van der Waals surface area contributed by atoms with E-state index in [0.717, 1.165) is 38.3 Å². The van der Waals surface area contributed by atoms with Crippen LogP contribution in [0.1, 0.15) is 36.8 Å². The van der Waals surface area contributed by atoms with E-state index >= 15 is 0 Å². The van der Waals surface area contributed by atoms with Crippen LogP contribution in [0.3, 0.4) is 0 Å². The van der Waals surface area contributed by atoms with Crippen molar-refractivity contribution in [1.82, 2.24) is 5.32 Å². The fraction of sp³-hybridized carbons (Fsp3) is 0.360. The molecule has 1 aliphatic rings. The van der Waals surface area contributed by atoms with Crippen molar-refractivity contribution in [3.8, 4) is 5.75 Å². The first-order valence-corrected chi connectivity index (χ1v) is 10.4. The highest BCUT2D eigenvalue weighted by atomic mass is 16.5. The Hall–Kier alpha value is -2.36. The summed E-state index contributed by atoms with van der Waals surface area (Å²) in [5.41, 5.74) is 2.57. The second-order valence-electron chi connectivity index (χ2n) is 7.55. The largest absolute Gasteiger partial charge is 0.494 e. The quantitative estimate of drug-likeness (QED) is 0.608. The zero-order valence-electron chi connectivity index (χ0n) is 16.6. The van der Waals surface area contributed by atoms with Crippen LogP contribution in [0.4, 0.5) is 0 Å². The second kappa shape index (κ2) is 9.22. The molecule has 0 aliphatic carbocycles. The topological polar surface area (TPSA) is 30.5 Å². The number of piperidine rings is 1. The summed E-state index contributed by atoms with van der Waals surface area (Å²) in [4.78, 5) is 0. The fourth-order valence-corrected chi connectivity index (χ4v) is 3.95. The van der Waals surface area contributed by atoms with Gasteiger partial charge in [0.1, 0.15) is 5.75 Å². The lowest BCUT2D eigenvalue weighted by Crippen LogP contribution is -2.40. The Kier molecular flexibility index (Phi) is 6.25. The molecule has 1 aliphatic heterocycles. The van der Waals surface area contributed by atoms with Crippen LogP contribution >= 0.6 is 0 Å². The van der Waals surface area contributed by atoms with Gasteiger partial charge in [-0.2, -0.15) is 0 Å². The average Bonchev–Trinajstić information content (AvgIpc) is 2.77. The van der Waals surface area contributed by atoms with Crippen molar-refractivity contribution >= 4 is 10.8 Å². The highest BCUT2D eigenvalue weighted by molar-refractivity contribution is 5.82. The van der Waals surface area contributed by atoms with Crippen LogP contribution in [0, 0.1) is 0 Å². The molecule has 0 spiro atoms. The average molecular weight is 376 g/mol. The van der Waals surface area contributed by atoms with Crippen molar-refractivity contribution < 1.29 is 9.47 Å². The maximum absolute atomic E-state index is 6.39. The van der Waals surface area contributed by atoms with Gasteiger partial charge in [-0.15, -0.1) is 0 Å². The van der Waals surface area contributed by atoms with Crippen LogP contribution in [-0.4, -0.2) is 25.8 Å². The number of benzene rings is 3. The fourth-order valence-electron chi connectivity index (χ4n) is 3.95. The molecule has 2 unspecified atom stereocenters. The minimum atomic E-state index is 0.183.